The minimum absolute atomic E-state index is 0. The third kappa shape index (κ3) is 5.40. The Morgan fingerprint density at radius 2 is 1.40 bits per heavy atom. The van der Waals surface area contributed by atoms with E-state index in [9.17, 15) is 9.59 Å². The van der Waals surface area contributed by atoms with Crippen LogP contribution >= 0.6 is 0 Å². The SMILES string of the molecule is C[N+](C)(CC=O)CC=O.[OH-]. The summed E-state index contributed by atoms with van der Waals surface area (Å²) in [6.07, 6.45) is 1.65. The van der Waals surface area contributed by atoms with Gasteiger partial charge in [0.15, 0.2) is 12.6 Å². The van der Waals surface area contributed by atoms with Crippen molar-refractivity contribution in [1.29, 1.82) is 0 Å². The highest BCUT2D eigenvalue weighted by molar-refractivity contribution is 5.53. The van der Waals surface area contributed by atoms with Crippen molar-refractivity contribution in [3.63, 3.8) is 0 Å². The first-order valence-corrected chi connectivity index (χ1v) is 2.81. The largest absolute Gasteiger partial charge is 0.870 e. The van der Waals surface area contributed by atoms with Crippen molar-refractivity contribution < 1.29 is 19.5 Å². The van der Waals surface area contributed by atoms with E-state index in [0.717, 1.165) is 12.6 Å². The molecule has 0 aliphatic heterocycles. The fourth-order valence-electron chi connectivity index (χ4n) is 0.478. The van der Waals surface area contributed by atoms with Crippen LogP contribution in [-0.2, 0) is 9.59 Å². The van der Waals surface area contributed by atoms with E-state index in [1.54, 1.807) is 0 Å². The average molecular weight is 147 g/mol. The topological polar surface area (TPSA) is 64.1 Å². The molecule has 0 aliphatic carbocycles. The third-order valence-electron chi connectivity index (χ3n) is 1.14. The summed E-state index contributed by atoms with van der Waals surface area (Å²) in [7, 11) is 3.67. The number of carbonyl (C=O) groups is 2. The highest BCUT2D eigenvalue weighted by atomic mass is 16.1. The van der Waals surface area contributed by atoms with Crippen molar-refractivity contribution in [1.82, 2.24) is 0 Å². The van der Waals surface area contributed by atoms with Gasteiger partial charge in [0.1, 0.15) is 13.1 Å². The Hall–Kier alpha value is -0.740. The van der Waals surface area contributed by atoms with Crippen LogP contribution in [-0.4, -0.2) is 49.7 Å². The van der Waals surface area contributed by atoms with Gasteiger partial charge in [0.2, 0.25) is 0 Å². The molecule has 0 saturated carbocycles. The highest BCUT2D eigenvalue weighted by Gasteiger charge is 2.11. The van der Waals surface area contributed by atoms with Crippen LogP contribution < -0.4 is 0 Å². The standard InChI is InChI=1S/C6H12NO2.H2O/c1-7(2,3-5-8)4-6-9;/h5-6H,3-4H2,1-2H3;1H2/q+1;/p-1. The van der Waals surface area contributed by atoms with Gasteiger partial charge in [0, 0.05) is 0 Å². The summed E-state index contributed by atoms with van der Waals surface area (Å²) in [5.74, 6) is 0. The summed E-state index contributed by atoms with van der Waals surface area (Å²) in [6.45, 7) is 0.803. The number of aldehydes is 2. The maximum Gasteiger partial charge on any atom is 0.174 e. The van der Waals surface area contributed by atoms with Crippen molar-refractivity contribution in [2.24, 2.45) is 0 Å². The minimum Gasteiger partial charge on any atom is -0.870 e. The molecule has 0 bridgehead atoms. The van der Waals surface area contributed by atoms with Gasteiger partial charge in [-0.05, 0) is 0 Å². The number of nitrogens with zero attached hydrogens (tertiary/aromatic N) is 1. The van der Waals surface area contributed by atoms with Crippen molar-refractivity contribution in [3.8, 4) is 0 Å². The zero-order chi connectivity index (χ0) is 7.33. The second kappa shape index (κ2) is 5.08. The summed E-state index contributed by atoms with van der Waals surface area (Å²) in [4.78, 5) is 19.9. The Bertz CT molecular complexity index is 99.6. The molecule has 0 spiro atoms. The molecule has 0 aromatic carbocycles. The summed E-state index contributed by atoms with van der Waals surface area (Å²) in [5.41, 5.74) is 0. The van der Waals surface area contributed by atoms with E-state index >= 15 is 0 Å². The predicted octanol–water partition coefficient (Wildman–Crippen LogP) is -0.716. The van der Waals surface area contributed by atoms with E-state index in [4.69, 9.17) is 0 Å². The zero-order valence-corrected chi connectivity index (χ0v) is 6.28. The molecule has 0 aromatic rings. The van der Waals surface area contributed by atoms with Crippen LogP contribution in [0.5, 0.6) is 0 Å². The molecular formula is C6H13NO3. The molecule has 0 aliphatic rings. The van der Waals surface area contributed by atoms with Gasteiger partial charge in [-0.3, -0.25) is 9.59 Å². The lowest BCUT2D eigenvalue weighted by Crippen LogP contribution is -2.42. The van der Waals surface area contributed by atoms with Crippen molar-refractivity contribution in [2.45, 2.75) is 0 Å². The first-order chi connectivity index (χ1) is 4.12. The maximum atomic E-state index is 9.96. The van der Waals surface area contributed by atoms with E-state index < -0.39 is 0 Å². The molecule has 1 N–H and O–H groups in total. The van der Waals surface area contributed by atoms with Gasteiger partial charge >= 0.3 is 0 Å². The maximum absolute atomic E-state index is 9.96. The summed E-state index contributed by atoms with van der Waals surface area (Å²) in [6, 6.07) is 0. The molecule has 60 valence electrons. The van der Waals surface area contributed by atoms with Gasteiger partial charge < -0.3 is 9.96 Å². The zero-order valence-electron chi connectivity index (χ0n) is 6.28. The predicted molar refractivity (Wildman–Crippen MR) is 35.9 cm³/mol. The molecule has 0 rings (SSSR count). The van der Waals surface area contributed by atoms with Crippen molar-refractivity contribution in [3.05, 3.63) is 0 Å². The van der Waals surface area contributed by atoms with Crippen LogP contribution in [0.3, 0.4) is 0 Å². The Morgan fingerprint density at radius 3 is 1.60 bits per heavy atom. The van der Waals surface area contributed by atoms with Crippen LogP contribution in [0.1, 0.15) is 0 Å². The smallest absolute Gasteiger partial charge is 0.174 e. The average Bonchev–Trinajstić information content (AvgIpc) is 1.64. The molecule has 4 nitrogen and oxygen atoms in total. The van der Waals surface area contributed by atoms with E-state index in [-0.39, 0.29) is 5.48 Å². The van der Waals surface area contributed by atoms with Gasteiger partial charge in [-0.25, -0.2) is 0 Å². The molecule has 0 aromatic heterocycles. The summed E-state index contributed by atoms with van der Waals surface area (Å²) in [5, 5.41) is 0. The number of hydrogen-bond acceptors (Lipinski definition) is 3. The molecule has 0 amide bonds. The number of carbonyl (C=O) groups excluding carboxylic acids is 2. The summed E-state index contributed by atoms with van der Waals surface area (Å²) < 4.78 is 0.451. The Morgan fingerprint density at radius 1 is 1.10 bits per heavy atom. The first-order valence-electron chi connectivity index (χ1n) is 2.81. The van der Waals surface area contributed by atoms with Gasteiger partial charge in [-0.15, -0.1) is 0 Å². The lowest BCUT2D eigenvalue weighted by molar-refractivity contribution is -0.872. The Labute approximate surface area is 60.3 Å². The second-order valence-corrected chi connectivity index (χ2v) is 2.63. The van der Waals surface area contributed by atoms with Gasteiger partial charge in [0.05, 0.1) is 14.1 Å². The monoisotopic (exact) mass is 147 g/mol. The number of rotatable bonds is 4. The number of quaternary nitrogens is 1. The molecule has 0 fully saturated rings. The van der Waals surface area contributed by atoms with Gasteiger partial charge in [-0.2, -0.15) is 0 Å². The molecular weight excluding hydrogens is 134 g/mol. The van der Waals surface area contributed by atoms with Gasteiger partial charge in [0.25, 0.3) is 0 Å². The second-order valence-electron chi connectivity index (χ2n) is 2.63. The third-order valence-corrected chi connectivity index (χ3v) is 1.14. The molecule has 0 radical (unpaired) electrons. The number of likely N-dealkylation sites (N-methyl/N-ethyl adjacent to an activating group) is 1. The fourth-order valence-corrected chi connectivity index (χ4v) is 0.478. The molecule has 10 heavy (non-hydrogen) atoms. The van der Waals surface area contributed by atoms with Crippen LogP contribution in [0, 0.1) is 0 Å². The molecule has 0 heterocycles. The summed E-state index contributed by atoms with van der Waals surface area (Å²) >= 11 is 0. The van der Waals surface area contributed by atoms with Crippen LogP contribution in [0.2, 0.25) is 0 Å². The lowest BCUT2D eigenvalue weighted by Gasteiger charge is -2.23. The lowest BCUT2D eigenvalue weighted by atomic mass is 10.5. The highest BCUT2D eigenvalue weighted by Crippen LogP contribution is 1.89. The quantitative estimate of drug-likeness (QED) is 0.389. The van der Waals surface area contributed by atoms with E-state index in [1.807, 2.05) is 14.1 Å². The van der Waals surface area contributed by atoms with Crippen LogP contribution in [0.4, 0.5) is 0 Å². The van der Waals surface area contributed by atoms with E-state index in [0.29, 0.717) is 17.6 Å². The molecule has 0 saturated heterocycles. The van der Waals surface area contributed by atoms with Crippen LogP contribution in [0.15, 0.2) is 0 Å². The molecule has 0 unspecified atom stereocenters. The number of hydrogen-bond donors (Lipinski definition) is 0. The normalized spacial score (nSPS) is 9.80. The van der Waals surface area contributed by atoms with Crippen molar-refractivity contribution in [2.75, 3.05) is 27.2 Å². The molecule has 0 atom stereocenters. The van der Waals surface area contributed by atoms with E-state index in [2.05, 4.69) is 0 Å². The van der Waals surface area contributed by atoms with Crippen LogP contribution in [0.25, 0.3) is 0 Å². The molecule has 4 heteroatoms. The Kier molecular flexibility index (Phi) is 6.09. The van der Waals surface area contributed by atoms with E-state index in [1.165, 1.54) is 0 Å². The minimum atomic E-state index is 0. The first kappa shape index (κ1) is 12.0. The fraction of sp³-hybridized carbons (Fsp3) is 0.667. The Balaban J connectivity index is 0. The van der Waals surface area contributed by atoms with Crippen molar-refractivity contribution >= 4 is 12.6 Å². The van der Waals surface area contributed by atoms with Gasteiger partial charge in [-0.1, -0.05) is 0 Å².